The summed E-state index contributed by atoms with van der Waals surface area (Å²) in [6.07, 6.45) is 0. The highest BCUT2D eigenvalue weighted by Crippen LogP contribution is 2.27. The van der Waals surface area contributed by atoms with Gasteiger partial charge >= 0.3 is 0 Å². The monoisotopic (exact) mass is 424 g/mol. The number of aryl methyl sites for hydroxylation is 1. The van der Waals surface area contributed by atoms with Crippen molar-refractivity contribution in [2.45, 2.75) is 18.4 Å². The van der Waals surface area contributed by atoms with E-state index < -0.39 is 10.0 Å². The second-order valence-corrected chi connectivity index (χ2v) is 8.79. The van der Waals surface area contributed by atoms with E-state index in [1.165, 1.54) is 30.6 Å². The van der Waals surface area contributed by atoms with Gasteiger partial charge in [-0.05, 0) is 54.4 Å². The number of rotatable bonds is 7. The molecule has 6 nitrogen and oxygen atoms in total. The lowest BCUT2D eigenvalue weighted by molar-refractivity contribution is 0.0951. The van der Waals surface area contributed by atoms with Gasteiger partial charge in [-0.25, -0.2) is 8.42 Å². The first-order chi connectivity index (χ1) is 14.3. The molecular weight excluding hydrogens is 400 g/mol. The lowest BCUT2D eigenvalue weighted by Crippen LogP contribution is -2.28. The Bertz CT molecular complexity index is 1130. The number of methoxy groups -OCH3 is 1. The van der Waals surface area contributed by atoms with Crippen LogP contribution in [-0.2, 0) is 16.6 Å². The lowest BCUT2D eigenvalue weighted by atomic mass is 10.1. The highest BCUT2D eigenvalue weighted by Gasteiger charge is 2.23. The molecule has 156 valence electrons. The molecule has 0 heterocycles. The molecule has 0 atom stereocenters. The van der Waals surface area contributed by atoms with Crippen molar-refractivity contribution in [3.8, 4) is 5.75 Å². The molecule has 0 fully saturated rings. The maximum atomic E-state index is 13.1. The smallest absolute Gasteiger partial charge is 0.264 e. The van der Waals surface area contributed by atoms with E-state index in [0.717, 1.165) is 11.1 Å². The van der Waals surface area contributed by atoms with Crippen molar-refractivity contribution in [3.05, 3.63) is 89.5 Å². The Hall–Kier alpha value is -3.32. The molecule has 0 aliphatic heterocycles. The predicted molar refractivity (Wildman–Crippen MR) is 117 cm³/mol. The Morgan fingerprint density at radius 3 is 2.30 bits per heavy atom. The minimum Gasteiger partial charge on any atom is -0.497 e. The van der Waals surface area contributed by atoms with E-state index in [1.54, 1.807) is 37.3 Å². The minimum atomic E-state index is -3.79. The van der Waals surface area contributed by atoms with Gasteiger partial charge in [-0.15, -0.1) is 0 Å². The number of benzene rings is 3. The number of amides is 1. The van der Waals surface area contributed by atoms with Gasteiger partial charge in [0.15, 0.2) is 0 Å². The summed E-state index contributed by atoms with van der Waals surface area (Å²) in [4.78, 5) is 12.7. The molecule has 3 aromatic rings. The topological polar surface area (TPSA) is 75.7 Å². The van der Waals surface area contributed by atoms with Crippen LogP contribution in [0.3, 0.4) is 0 Å². The second-order valence-electron chi connectivity index (χ2n) is 6.82. The molecule has 0 spiro atoms. The molecule has 0 bridgehead atoms. The molecule has 0 aliphatic rings. The number of nitrogens with one attached hydrogen (secondary N) is 1. The summed E-state index contributed by atoms with van der Waals surface area (Å²) >= 11 is 0. The molecule has 1 N–H and O–H groups in total. The van der Waals surface area contributed by atoms with Crippen LogP contribution in [0, 0.1) is 6.92 Å². The van der Waals surface area contributed by atoms with Crippen LogP contribution in [0.25, 0.3) is 0 Å². The van der Waals surface area contributed by atoms with E-state index in [2.05, 4.69) is 5.32 Å². The van der Waals surface area contributed by atoms with Crippen molar-refractivity contribution in [1.82, 2.24) is 5.32 Å². The molecule has 0 saturated heterocycles. The van der Waals surface area contributed by atoms with Crippen molar-refractivity contribution >= 4 is 21.6 Å². The van der Waals surface area contributed by atoms with Crippen LogP contribution in [-0.4, -0.2) is 28.5 Å². The van der Waals surface area contributed by atoms with Crippen LogP contribution in [0.2, 0.25) is 0 Å². The first-order valence-electron chi connectivity index (χ1n) is 9.38. The minimum absolute atomic E-state index is 0.143. The zero-order valence-corrected chi connectivity index (χ0v) is 17.9. The maximum Gasteiger partial charge on any atom is 0.264 e. The molecular formula is C23H24N2O4S. The summed E-state index contributed by atoms with van der Waals surface area (Å²) < 4.78 is 32.4. The summed E-state index contributed by atoms with van der Waals surface area (Å²) in [6, 6.07) is 20.8. The van der Waals surface area contributed by atoms with Crippen LogP contribution in [0.5, 0.6) is 5.75 Å². The first kappa shape index (κ1) is 21.4. The highest BCUT2D eigenvalue weighted by molar-refractivity contribution is 7.92. The average Bonchev–Trinajstić information content (AvgIpc) is 2.78. The van der Waals surface area contributed by atoms with E-state index in [9.17, 15) is 13.2 Å². The molecule has 0 radical (unpaired) electrons. The Kier molecular flexibility index (Phi) is 6.42. The largest absolute Gasteiger partial charge is 0.497 e. The van der Waals surface area contributed by atoms with E-state index in [-0.39, 0.29) is 10.8 Å². The van der Waals surface area contributed by atoms with Gasteiger partial charge in [-0.3, -0.25) is 9.10 Å². The van der Waals surface area contributed by atoms with Gasteiger partial charge in [0.05, 0.1) is 17.7 Å². The second kappa shape index (κ2) is 9.00. The Morgan fingerprint density at radius 2 is 1.67 bits per heavy atom. The number of anilines is 1. The van der Waals surface area contributed by atoms with Gasteiger partial charge in [-0.2, -0.15) is 0 Å². The number of ether oxygens (including phenoxy) is 1. The molecule has 30 heavy (non-hydrogen) atoms. The highest BCUT2D eigenvalue weighted by atomic mass is 32.2. The SMILES string of the molecule is COc1ccc(S(=O)(=O)N(C)c2cc(C(=O)NCc3ccccc3)ccc2C)cc1. The van der Waals surface area contributed by atoms with Gasteiger partial charge in [0.25, 0.3) is 15.9 Å². The number of carbonyl (C=O) groups is 1. The Balaban J connectivity index is 1.83. The van der Waals surface area contributed by atoms with Gasteiger partial charge in [0, 0.05) is 19.2 Å². The number of hydrogen-bond donors (Lipinski definition) is 1. The lowest BCUT2D eigenvalue weighted by Gasteiger charge is -2.22. The molecule has 0 saturated carbocycles. The quantitative estimate of drug-likeness (QED) is 0.627. The third kappa shape index (κ3) is 4.63. The van der Waals surface area contributed by atoms with Crippen molar-refractivity contribution in [2.75, 3.05) is 18.5 Å². The predicted octanol–water partition coefficient (Wildman–Crippen LogP) is 3.76. The normalized spacial score (nSPS) is 11.0. The van der Waals surface area contributed by atoms with Crippen molar-refractivity contribution < 1.29 is 17.9 Å². The van der Waals surface area contributed by atoms with Gasteiger partial charge in [0.1, 0.15) is 5.75 Å². The molecule has 0 aromatic heterocycles. The summed E-state index contributed by atoms with van der Waals surface area (Å²) in [5.41, 5.74) is 2.56. The third-order valence-corrected chi connectivity index (χ3v) is 6.61. The van der Waals surface area contributed by atoms with Gasteiger partial charge < -0.3 is 10.1 Å². The fourth-order valence-electron chi connectivity index (χ4n) is 3.01. The Labute approximate surface area is 177 Å². The first-order valence-corrected chi connectivity index (χ1v) is 10.8. The van der Waals surface area contributed by atoms with E-state index in [1.807, 2.05) is 30.3 Å². The van der Waals surface area contributed by atoms with Gasteiger partial charge in [-0.1, -0.05) is 36.4 Å². The van der Waals surface area contributed by atoms with Crippen LogP contribution < -0.4 is 14.4 Å². The number of hydrogen-bond acceptors (Lipinski definition) is 4. The molecule has 1 amide bonds. The average molecular weight is 425 g/mol. The van der Waals surface area contributed by atoms with Crippen molar-refractivity contribution in [3.63, 3.8) is 0 Å². The van der Waals surface area contributed by atoms with E-state index >= 15 is 0 Å². The number of carbonyl (C=O) groups excluding carboxylic acids is 1. The zero-order valence-electron chi connectivity index (χ0n) is 17.1. The van der Waals surface area contributed by atoms with Crippen LogP contribution in [0.1, 0.15) is 21.5 Å². The molecule has 7 heteroatoms. The fourth-order valence-corrected chi connectivity index (χ4v) is 4.26. The summed E-state index contributed by atoms with van der Waals surface area (Å²) in [7, 11) is -0.790. The maximum absolute atomic E-state index is 13.1. The number of nitrogens with zero attached hydrogens (tertiary/aromatic N) is 1. The molecule has 3 aromatic carbocycles. The van der Waals surface area contributed by atoms with E-state index in [0.29, 0.717) is 23.5 Å². The molecule has 3 rings (SSSR count). The number of sulfonamides is 1. The van der Waals surface area contributed by atoms with Crippen molar-refractivity contribution in [2.24, 2.45) is 0 Å². The van der Waals surface area contributed by atoms with Gasteiger partial charge in [0.2, 0.25) is 0 Å². The third-order valence-electron chi connectivity index (χ3n) is 4.82. The fraction of sp³-hybridized carbons (Fsp3) is 0.174. The Morgan fingerprint density at radius 1 is 1.00 bits per heavy atom. The van der Waals surface area contributed by atoms with E-state index in [4.69, 9.17) is 4.74 Å². The standard InChI is InChI=1S/C23H24N2O4S/c1-17-9-10-19(23(26)24-16-18-7-5-4-6-8-18)15-22(17)25(2)30(27,28)21-13-11-20(29-3)12-14-21/h4-15H,16H2,1-3H3,(H,24,26). The van der Waals surface area contributed by atoms with Crippen LogP contribution >= 0.6 is 0 Å². The van der Waals surface area contributed by atoms with Crippen LogP contribution in [0.15, 0.2) is 77.7 Å². The summed E-state index contributed by atoms with van der Waals surface area (Å²) in [5.74, 6) is 0.306. The molecule has 0 aliphatic carbocycles. The van der Waals surface area contributed by atoms with Crippen LogP contribution in [0.4, 0.5) is 5.69 Å². The zero-order chi connectivity index (χ0) is 21.7. The summed E-state index contributed by atoms with van der Waals surface area (Å²) in [5, 5.41) is 2.86. The molecule has 0 unspecified atom stereocenters. The summed E-state index contributed by atoms with van der Waals surface area (Å²) in [6.45, 7) is 2.20. The van der Waals surface area contributed by atoms with Crippen molar-refractivity contribution in [1.29, 1.82) is 0 Å².